The van der Waals surface area contributed by atoms with Crippen LogP contribution >= 0.6 is 0 Å². The van der Waals surface area contributed by atoms with Gasteiger partial charge in [0.1, 0.15) is 0 Å². The molecule has 0 aromatic carbocycles. The van der Waals surface area contributed by atoms with Crippen LogP contribution < -0.4 is 5.73 Å². The van der Waals surface area contributed by atoms with Gasteiger partial charge in [0.2, 0.25) is 0 Å². The molecule has 0 fully saturated rings. The second-order valence-electron chi connectivity index (χ2n) is 1.74. The monoisotopic (exact) mass is 135 g/mol. The summed E-state index contributed by atoms with van der Waals surface area (Å²) in [5, 5.41) is 0. The van der Waals surface area contributed by atoms with Crippen molar-refractivity contribution < 1.29 is 0 Å². The minimum absolute atomic E-state index is 0.558. The van der Waals surface area contributed by atoms with Crippen molar-refractivity contribution >= 4 is 0 Å². The summed E-state index contributed by atoms with van der Waals surface area (Å²) in [7, 11) is 0. The molecule has 0 aliphatic rings. The van der Waals surface area contributed by atoms with Crippen molar-refractivity contribution in [3.05, 3.63) is 49.1 Å². The summed E-state index contributed by atoms with van der Waals surface area (Å²) in [6, 6.07) is 0. The first-order valence-electron chi connectivity index (χ1n) is 3.17. The Bertz CT molecular complexity index is 164. The SMILES string of the molecule is C=C/C=C(C=C)\C=C/CN. The van der Waals surface area contributed by atoms with Gasteiger partial charge in [-0.2, -0.15) is 0 Å². The van der Waals surface area contributed by atoms with Gasteiger partial charge >= 0.3 is 0 Å². The Labute approximate surface area is 62.2 Å². The van der Waals surface area contributed by atoms with Gasteiger partial charge in [0.05, 0.1) is 0 Å². The molecule has 0 spiro atoms. The fourth-order valence-electron chi connectivity index (χ4n) is 0.532. The van der Waals surface area contributed by atoms with Gasteiger partial charge in [-0.1, -0.05) is 43.5 Å². The number of hydrogen-bond acceptors (Lipinski definition) is 1. The average molecular weight is 135 g/mol. The van der Waals surface area contributed by atoms with Crippen molar-refractivity contribution in [2.75, 3.05) is 6.54 Å². The quantitative estimate of drug-likeness (QED) is 0.584. The summed E-state index contributed by atoms with van der Waals surface area (Å²) in [5.74, 6) is 0. The van der Waals surface area contributed by atoms with Gasteiger partial charge < -0.3 is 5.73 Å². The van der Waals surface area contributed by atoms with Gasteiger partial charge in [0.15, 0.2) is 0 Å². The van der Waals surface area contributed by atoms with Crippen molar-refractivity contribution in [3.8, 4) is 0 Å². The second kappa shape index (κ2) is 6.05. The van der Waals surface area contributed by atoms with Gasteiger partial charge in [0, 0.05) is 6.54 Å². The largest absolute Gasteiger partial charge is 0.327 e. The molecular weight excluding hydrogens is 122 g/mol. The van der Waals surface area contributed by atoms with E-state index < -0.39 is 0 Å². The lowest BCUT2D eigenvalue weighted by atomic mass is 10.2. The van der Waals surface area contributed by atoms with Gasteiger partial charge in [-0.3, -0.25) is 0 Å². The molecule has 1 heteroatoms. The van der Waals surface area contributed by atoms with E-state index >= 15 is 0 Å². The smallest absolute Gasteiger partial charge is 0.0110 e. The van der Waals surface area contributed by atoms with Crippen LogP contribution in [0.15, 0.2) is 49.1 Å². The third-order valence-electron chi connectivity index (χ3n) is 0.992. The Morgan fingerprint density at radius 1 is 1.40 bits per heavy atom. The zero-order valence-electron chi connectivity index (χ0n) is 6.09. The molecule has 0 amide bonds. The van der Waals surface area contributed by atoms with E-state index in [2.05, 4.69) is 13.2 Å². The maximum Gasteiger partial charge on any atom is 0.0110 e. The lowest BCUT2D eigenvalue weighted by molar-refractivity contribution is 1.25. The van der Waals surface area contributed by atoms with Crippen LogP contribution in [0.5, 0.6) is 0 Å². The maximum absolute atomic E-state index is 5.25. The molecule has 0 aliphatic carbocycles. The van der Waals surface area contributed by atoms with Crippen molar-refractivity contribution in [1.82, 2.24) is 0 Å². The molecule has 0 aromatic heterocycles. The molecule has 10 heavy (non-hydrogen) atoms. The molecule has 0 rings (SSSR count). The van der Waals surface area contributed by atoms with Crippen LogP contribution in [0.3, 0.4) is 0 Å². The van der Waals surface area contributed by atoms with Crippen molar-refractivity contribution in [1.29, 1.82) is 0 Å². The van der Waals surface area contributed by atoms with E-state index in [1.165, 1.54) is 0 Å². The van der Waals surface area contributed by atoms with E-state index in [1.807, 2.05) is 18.2 Å². The molecule has 0 aliphatic heterocycles. The van der Waals surface area contributed by atoms with Crippen molar-refractivity contribution in [2.24, 2.45) is 5.73 Å². The highest BCUT2D eigenvalue weighted by molar-refractivity contribution is 5.31. The predicted molar refractivity (Wildman–Crippen MR) is 46.7 cm³/mol. The molecule has 0 unspecified atom stereocenters. The van der Waals surface area contributed by atoms with Crippen molar-refractivity contribution in [2.45, 2.75) is 0 Å². The Hall–Kier alpha value is -1.08. The van der Waals surface area contributed by atoms with E-state index in [0.29, 0.717) is 6.54 Å². The van der Waals surface area contributed by atoms with Gasteiger partial charge in [-0.05, 0) is 5.57 Å². The van der Waals surface area contributed by atoms with E-state index in [0.717, 1.165) is 5.57 Å². The number of allylic oxidation sites excluding steroid dienone is 5. The third-order valence-corrected chi connectivity index (χ3v) is 0.992. The molecule has 0 radical (unpaired) electrons. The molecule has 2 N–H and O–H groups in total. The summed E-state index contributed by atoms with van der Waals surface area (Å²) in [5.41, 5.74) is 6.28. The Morgan fingerprint density at radius 2 is 2.10 bits per heavy atom. The van der Waals surface area contributed by atoms with Crippen LogP contribution in [0.1, 0.15) is 0 Å². The number of rotatable bonds is 4. The fraction of sp³-hybridized carbons (Fsp3) is 0.111. The zero-order chi connectivity index (χ0) is 7.82. The Kier molecular flexibility index (Phi) is 5.39. The zero-order valence-corrected chi connectivity index (χ0v) is 6.09. The first kappa shape index (κ1) is 8.92. The highest BCUT2D eigenvalue weighted by atomic mass is 14.5. The van der Waals surface area contributed by atoms with Crippen molar-refractivity contribution in [3.63, 3.8) is 0 Å². The first-order valence-corrected chi connectivity index (χ1v) is 3.17. The molecule has 0 saturated heterocycles. The molecule has 0 aromatic rings. The second-order valence-corrected chi connectivity index (χ2v) is 1.74. The standard InChI is InChI=1S/C9H13N/c1-3-6-9(4-2)7-5-8-10/h3-7H,1-2,8,10H2/b7-5-,9-6-. The lowest BCUT2D eigenvalue weighted by Gasteiger charge is -1.87. The highest BCUT2D eigenvalue weighted by Crippen LogP contribution is 1.96. The molecular formula is C9H13N. The van der Waals surface area contributed by atoms with E-state index in [4.69, 9.17) is 5.73 Å². The molecule has 0 bridgehead atoms. The molecule has 54 valence electrons. The highest BCUT2D eigenvalue weighted by Gasteiger charge is 1.77. The average Bonchev–Trinajstić information content (AvgIpc) is 1.98. The topological polar surface area (TPSA) is 26.0 Å². The van der Waals surface area contributed by atoms with Gasteiger partial charge in [0.25, 0.3) is 0 Å². The van der Waals surface area contributed by atoms with Crippen LogP contribution in [-0.4, -0.2) is 6.54 Å². The minimum Gasteiger partial charge on any atom is -0.327 e. The predicted octanol–water partition coefficient (Wildman–Crippen LogP) is 1.80. The minimum atomic E-state index is 0.558. The van der Waals surface area contributed by atoms with Gasteiger partial charge in [-0.15, -0.1) is 0 Å². The third kappa shape index (κ3) is 3.87. The summed E-state index contributed by atoms with van der Waals surface area (Å²) in [6.45, 7) is 7.75. The summed E-state index contributed by atoms with van der Waals surface area (Å²) >= 11 is 0. The summed E-state index contributed by atoms with van der Waals surface area (Å²) in [4.78, 5) is 0. The lowest BCUT2D eigenvalue weighted by Crippen LogP contribution is -1.92. The molecule has 0 saturated carbocycles. The summed E-state index contributed by atoms with van der Waals surface area (Å²) < 4.78 is 0. The van der Waals surface area contributed by atoms with Crippen LogP contribution in [0, 0.1) is 0 Å². The van der Waals surface area contributed by atoms with E-state index in [-0.39, 0.29) is 0 Å². The molecule has 1 nitrogen and oxygen atoms in total. The Morgan fingerprint density at radius 3 is 2.50 bits per heavy atom. The van der Waals surface area contributed by atoms with E-state index in [1.54, 1.807) is 12.2 Å². The van der Waals surface area contributed by atoms with Crippen LogP contribution in [0.4, 0.5) is 0 Å². The number of nitrogens with two attached hydrogens (primary N) is 1. The van der Waals surface area contributed by atoms with Gasteiger partial charge in [-0.25, -0.2) is 0 Å². The fourth-order valence-corrected chi connectivity index (χ4v) is 0.532. The Balaban J connectivity index is 4.07. The normalized spacial score (nSPS) is 11.9. The van der Waals surface area contributed by atoms with E-state index in [9.17, 15) is 0 Å². The number of hydrogen-bond donors (Lipinski definition) is 1. The summed E-state index contributed by atoms with van der Waals surface area (Å²) in [6.07, 6.45) is 9.14. The maximum atomic E-state index is 5.25. The van der Waals surface area contributed by atoms with Crippen LogP contribution in [0.2, 0.25) is 0 Å². The van der Waals surface area contributed by atoms with Crippen LogP contribution in [0.25, 0.3) is 0 Å². The molecule has 0 atom stereocenters. The molecule has 0 heterocycles. The van der Waals surface area contributed by atoms with Crippen LogP contribution in [-0.2, 0) is 0 Å². The first-order chi connectivity index (χ1) is 4.85.